The zero-order valence-electron chi connectivity index (χ0n) is 15.3. The summed E-state index contributed by atoms with van der Waals surface area (Å²) in [4.78, 5) is 2.77. The average molecular weight is 319 g/mol. The Labute approximate surface area is 146 Å². The molecule has 2 aromatic rings. The molecule has 0 N–H and O–H groups in total. The molecule has 4 rings (SSSR count). The molecule has 0 aromatic heterocycles. The lowest BCUT2D eigenvalue weighted by atomic mass is 9.85. The second-order valence-electron chi connectivity index (χ2n) is 7.86. The molecule has 2 atom stereocenters. The highest BCUT2D eigenvalue weighted by molar-refractivity contribution is 5.69. The van der Waals surface area contributed by atoms with Gasteiger partial charge < -0.3 is 0 Å². The Morgan fingerprint density at radius 1 is 1.00 bits per heavy atom. The Hall–Kier alpha value is -1.60. The van der Waals surface area contributed by atoms with Gasteiger partial charge in [-0.05, 0) is 92.8 Å². The third-order valence-corrected chi connectivity index (χ3v) is 6.40. The van der Waals surface area contributed by atoms with Crippen molar-refractivity contribution in [1.82, 2.24) is 4.90 Å². The largest absolute Gasteiger partial charge is 0.297 e. The minimum atomic E-state index is 0.765. The number of aryl methyl sites for hydroxylation is 2. The molecule has 0 amide bonds. The molecule has 1 saturated heterocycles. The number of nitrogens with zero attached hydrogens (tertiary/aromatic N) is 1. The smallest absolute Gasteiger partial charge is 0.0142 e. The van der Waals surface area contributed by atoms with Crippen LogP contribution in [0.1, 0.15) is 48.4 Å². The van der Waals surface area contributed by atoms with Gasteiger partial charge in [0.15, 0.2) is 0 Å². The highest BCUT2D eigenvalue weighted by Crippen LogP contribution is 2.33. The third-order valence-electron chi connectivity index (χ3n) is 6.40. The van der Waals surface area contributed by atoms with Gasteiger partial charge in [0.1, 0.15) is 0 Å². The van der Waals surface area contributed by atoms with Crippen molar-refractivity contribution in [2.24, 2.45) is 0 Å². The van der Waals surface area contributed by atoms with Crippen LogP contribution in [-0.4, -0.2) is 23.5 Å². The molecule has 126 valence electrons. The molecule has 1 heteroatoms. The first-order valence-electron chi connectivity index (χ1n) is 9.57. The molecule has 1 aliphatic carbocycles. The quantitative estimate of drug-likeness (QED) is 0.725. The standard InChI is InChI=1S/C23H29N/c1-16-6-4-8-23(18(16)3)21-10-9-20-15-22(12-11-19(20)14-21)24-13-5-7-17(24)2/h4,6,8-10,14,17,22H,5,7,11-13,15H2,1-3H3. The molecule has 1 heterocycles. The molecule has 1 aliphatic heterocycles. The average Bonchev–Trinajstić information content (AvgIpc) is 3.02. The predicted octanol–water partition coefficient (Wildman–Crippen LogP) is 5.31. The Morgan fingerprint density at radius 3 is 2.67 bits per heavy atom. The van der Waals surface area contributed by atoms with E-state index >= 15 is 0 Å². The Kier molecular flexibility index (Phi) is 4.22. The van der Waals surface area contributed by atoms with Crippen LogP contribution in [0, 0.1) is 13.8 Å². The zero-order valence-corrected chi connectivity index (χ0v) is 15.3. The number of fused-ring (bicyclic) bond motifs is 1. The van der Waals surface area contributed by atoms with Crippen molar-refractivity contribution in [3.05, 3.63) is 58.7 Å². The zero-order chi connectivity index (χ0) is 16.7. The van der Waals surface area contributed by atoms with E-state index in [4.69, 9.17) is 0 Å². The van der Waals surface area contributed by atoms with E-state index in [0.29, 0.717) is 0 Å². The van der Waals surface area contributed by atoms with Crippen LogP contribution < -0.4 is 0 Å². The van der Waals surface area contributed by atoms with Crippen molar-refractivity contribution in [2.45, 2.75) is 65.0 Å². The highest BCUT2D eigenvalue weighted by atomic mass is 15.2. The van der Waals surface area contributed by atoms with E-state index in [2.05, 4.69) is 62.1 Å². The molecular weight excluding hydrogens is 290 g/mol. The van der Waals surface area contributed by atoms with Gasteiger partial charge >= 0.3 is 0 Å². The van der Waals surface area contributed by atoms with Crippen molar-refractivity contribution in [3.63, 3.8) is 0 Å². The lowest BCUT2D eigenvalue weighted by molar-refractivity contribution is 0.174. The second-order valence-corrected chi connectivity index (χ2v) is 7.86. The maximum absolute atomic E-state index is 2.77. The van der Waals surface area contributed by atoms with Crippen molar-refractivity contribution in [2.75, 3.05) is 6.54 Å². The number of rotatable bonds is 2. The van der Waals surface area contributed by atoms with E-state index in [9.17, 15) is 0 Å². The van der Waals surface area contributed by atoms with Crippen LogP contribution in [0.2, 0.25) is 0 Å². The van der Waals surface area contributed by atoms with Gasteiger partial charge in [-0.3, -0.25) is 4.90 Å². The van der Waals surface area contributed by atoms with Gasteiger partial charge in [-0.15, -0.1) is 0 Å². The molecule has 0 saturated carbocycles. The highest BCUT2D eigenvalue weighted by Gasteiger charge is 2.30. The molecule has 2 unspecified atom stereocenters. The van der Waals surface area contributed by atoms with Crippen molar-refractivity contribution < 1.29 is 0 Å². The number of likely N-dealkylation sites (tertiary alicyclic amines) is 1. The summed E-state index contributed by atoms with van der Waals surface area (Å²) < 4.78 is 0. The topological polar surface area (TPSA) is 3.24 Å². The molecule has 24 heavy (non-hydrogen) atoms. The molecule has 1 fully saturated rings. The summed E-state index contributed by atoms with van der Waals surface area (Å²) in [6, 6.07) is 15.4. The van der Waals surface area contributed by atoms with Gasteiger partial charge in [-0.1, -0.05) is 36.4 Å². The van der Waals surface area contributed by atoms with Gasteiger partial charge in [0.25, 0.3) is 0 Å². The van der Waals surface area contributed by atoms with E-state index in [1.54, 1.807) is 11.1 Å². The number of benzene rings is 2. The van der Waals surface area contributed by atoms with E-state index in [1.807, 2.05) is 0 Å². The first-order valence-corrected chi connectivity index (χ1v) is 9.57. The van der Waals surface area contributed by atoms with E-state index in [1.165, 1.54) is 60.9 Å². The fourth-order valence-electron chi connectivity index (χ4n) is 4.75. The van der Waals surface area contributed by atoms with Crippen LogP contribution >= 0.6 is 0 Å². The predicted molar refractivity (Wildman–Crippen MR) is 103 cm³/mol. The molecule has 2 aliphatic rings. The van der Waals surface area contributed by atoms with E-state index in [0.717, 1.165) is 12.1 Å². The molecular formula is C23H29N. The Balaban J connectivity index is 1.60. The van der Waals surface area contributed by atoms with Crippen LogP contribution in [0.4, 0.5) is 0 Å². The monoisotopic (exact) mass is 319 g/mol. The Morgan fingerprint density at radius 2 is 1.88 bits per heavy atom. The summed E-state index contributed by atoms with van der Waals surface area (Å²) in [5, 5.41) is 0. The SMILES string of the molecule is Cc1cccc(-c2ccc3c(c2)CCC(N2CCCC2C)C3)c1C. The molecule has 1 nitrogen and oxygen atoms in total. The maximum atomic E-state index is 2.77. The minimum absolute atomic E-state index is 0.765. The van der Waals surface area contributed by atoms with Crippen LogP contribution in [0.25, 0.3) is 11.1 Å². The fraction of sp³-hybridized carbons (Fsp3) is 0.478. The van der Waals surface area contributed by atoms with E-state index in [-0.39, 0.29) is 0 Å². The first-order chi connectivity index (χ1) is 11.6. The lowest BCUT2D eigenvalue weighted by Gasteiger charge is -2.35. The van der Waals surface area contributed by atoms with E-state index < -0.39 is 0 Å². The summed E-state index contributed by atoms with van der Waals surface area (Å²) in [5.41, 5.74) is 8.75. The van der Waals surface area contributed by atoms with Crippen LogP contribution in [0.3, 0.4) is 0 Å². The molecule has 0 radical (unpaired) electrons. The van der Waals surface area contributed by atoms with Gasteiger partial charge in [-0.25, -0.2) is 0 Å². The summed E-state index contributed by atoms with van der Waals surface area (Å²) in [7, 11) is 0. The van der Waals surface area contributed by atoms with Crippen LogP contribution in [0.15, 0.2) is 36.4 Å². The summed E-state index contributed by atoms with van der Waals surface area (Å²) in [6.45, 7) is 8.17. The van der Waals surface area contributed by atoms with Crippen LogP contribution in [0.5, 0.6) is 0 Å². The van der Waals surface area contributed by atoms with Crippen molar-refractivity contribution in [1.29, 1.82) is 0 Å². The van der Waals surface area contributed by atoms with Gasteiger partial charge in [0.05, 0.1) is 0 Å². The minimum Gasteiger partial charge on any atom is -0.297 e. The second kappa shape index (κ2) is 6.37. The molecule has 0 spiro atoms. The normalized spacial score (nSPS) is 24.1. The first kappa shape index (κ1) is 15.9. The number of hydrogen-bond acceptors (Lipinski definition) is 1. The lowest BCUT2D eigenvalue weighted by Crippen LogP contribution is -2.41. The summed E-state index contributed by atoms with van der Waals surface area (Å²) in [5.74, 6) is 0. The van der Waals surface area contributed by atoms with Crippen molar-refractivity contribution >= 4 is 0 Å². The van der Waals surface area contributed by atoms with Crippen LogP contribution in [-0.2, 0) is 12.8 Å². The molecule has 2 aromatic carbocycles. The fourth-order valence-corrected chi connectivity index (χ4v) is 4.75. The third kappa shape index (κ3) is 2.80. The van der Waals surface area contributed by atoms with Gasteiger partial charge in [0.2, 0.25) is 0 Å². The number of hydrogen-bond donors (Lipinski definition) is 0. The van der Waals surface area contributed by atoms with Crippen molar-refractivity contribution in [3.8, 4) is 11.1 Å². The van der Waals surface area contributed by atoms with Gasteiger partial charge in [-0.2, -0.15) is 0 Å². The Bertz CT molecular complexity index is 746. The summed E-state index contributed by atoms with van der Waals surface area (Å²) in [6.07, 6.45) is 6.58. The molecule has 0 bridgehead atoms. The maximum Gasteiger partial charge on any atom is 0.0142 e. The van der Waals surface area contributed by atoms with Gasteiger partial charge in [0, 0.05) is 12.1 Å². The summed E-state index contributed by atoms with van der Waals surface area (Å²) >= 11 is 0.